The van der Waals surface area contributed by atoms with Crippen molar-refractivity contribution in [1.82, 2.24) is 9.21 Å². The molecule has 0 spiro atoms. The molecule has 5 nitrogen and oxygen atoms in total. The molecule has 24 heavy (non-hydrogen) atoms. The van der Waals surface area contributed by atoms with Gasteiger partial charge in [0.15, 0.2) is 0 Å². The van der Waals surface area contributed by atoms with Gasteiger partial charge in [0.05, 0.1) is 14.9 Å². The van der Waals surface area contributed by atoms with E-state index >= 15 is 0 Å². The lowest BCUT2D eigenvalue weighted by Gasteiger charge is -2.34. The lowest BCUT2D eigenvalue weighted by Crippen LogP contribution is -2.50. The highest BCUT2D eigenvalue weighted by atomic mass is 35.5. The molecular weight excluding hydrogens is 371 g/mol. The molecule has 0 atom stereocenters. The van der Waals surface area contributed by atoms with Crippen LogP contribution in [0.1, 0.15) is 32.6 Å². The van der Waals surface area contributed by atoms with Crippen LogP contribution in [-0.2, 0) is 14.8 Å². The van der Waals surface area contributed by atoms with Crippen LogP contribution in [0.25, 0.3) is 0 Å². The van der Waals surface area contributed by atoms with Gasteiger partial charge in [-0.3, -0.25) is 4.79 Å². The summed E-state index contributed by atoms with van der Waals surface area (Å²) in [5.74, 6) is 0.107. The van der Waals surface area contributed by atoms with E-state index in [9.17, 15) is 13.2 Å². The molecule has 1 amide bonds. The number of hydrogen-bond acceptors (Lipinski definition) is 3. The fraction of sp³-hybridized carbons (Fsp3) is 0.562. The summed E-state index contributed by atoms with van der Waals surface area (Å²) in [6, 6.07) is 4.29. The van der Waals surface area contributed by atoms with Gasteiger partial charge >= 0.3 is 0 Å². The number of halogens is 2. The maximum atomic E-state index is 12.7. The molecule has 1 fully saturated rings. The second kappa shape index (κ2) is 8.52. The molecule has 0 bridgehead atoms. The van der Waals surface area contributed by atoms with Gasteiger partial charge in [0, 0.05) is 32.6 Å². The Morgan fingerprint density at radius 2 is 1.75 bits per heavy atom. The second-order valence-corrected chi connectivity index (χ2v) is 8.57. The van der Waals surface area contributed by atoms with Gasteiger partial charge in [0.25, 0.3) is 0 Å². The molecule has 1 heterocycles. The molecule has 1 aromatic rings. The summed E-state index contributed by atoms with van der Waals surface area (Å²) in [5, 5.41) is 0.528. The monoisotopic (exact) mass is 392 g/mol. The molecule has 0 aliphatic carbocycles. The first-order valence-electron chi connectivity index (χ1n) is 8.09. The molecule has 0 aromatic heterocycles. The van der Waals surface area contributed by atoms with E-state index in [0.29, 0.717) is 37.6 Å². The van der Waals surface area contributed by atoms with Gasteiger partial charge < -0.3 is 4.90 Å². The molecule has 0 radical (unpaired) electrons. The third-order valence-electron chi connectivity index (χ3n) is 4.11. The number of benzene rings is 1. The Morgan fingerprint density at radius 1 is 1.08 bits per heavy atom. The number of carbonyl (C=O) groups excluding carboxylic acids is 1. The van der Waals surface area contributed by atoms with Crippen molar-refractivity contribution < 1.29 is 13.2 Å². The molecule has 134 valence electrons. The van der Waals surface area contributed by atoms with E-state index in [2.05, 4.69) is 6.92 Å². The molecule has 1 aliphatic heterocycles. The van der Waals surface area contributed by atoms with E-state index in [1.807, 2.05) is 0 Å². The third kappa shape index (κ3) is 4.63. The van der Waals surface area contributed by atoms with Crippen molar-refractivity contribution >= 4 is 39.1 Å². The summed E-state index contributed by atoms with van der Waals surface area (Å²) < 4.78 is 26.7. The maximum absolute atomic E-state index is 12.7. The second-order valence-electron chi connectivity index (χ2n) is 5.82. The van der Waals surface area contributed by atoms with Gasteiger partial charge in [0.2, 0.25) is 15.9 Å². The molecule has 0 saturated carbocycles. The van der Waals surface area contributed by atoms with Crippen molar-refractivity contribution in [2.24, 2.45) is 0 Å². The highest BCUT2D eigenvalue weighted by Gasteiger charge is 2.30. The number of sulfonamides is 1. The zero-order valence-corrected chi connectivity index (χ0v) is 16.0. The van der Waals surface area contributed by atoms with Gasteiger partial charge in [-0.15, -0.1) is 0 Å². The van der Waals surface area contributed by atoms with Crippen LogP contribution in [0.4, 0.5) is 0 Å². The van der Waals surface area contributed by atoms with E-state index in [4.69, 9.17) is 23.2 Å². The molecular formula is C16H22Cl2N2O3S. The Bertz CT molecular complexity index is 687. The first-order chi connectivity index (χ1) is 11.4. The van der Waals surface area contributed by atoms with Gasteiger partial charge in [-0.2, -0.15) is 4.31 Å². The Balaban J connectivity index is 1.98. The Labute approximate surface area is 153 Å². The van der Waals surface area contributed by atoms with Crippen LogP contribution in [0.15, 0.2) is 23.1 Å². The van der Waals surface area contributed by atoms with Gasteiger partial charge in [-0.05, 0) is 24.6 Å². The number of unbranched alkanes of at least 4 members (excludes halogenated alkanes) is 2. The molecule has 8 heteroatoms. The standard InChI is InChI=1S/C16H22Cl2N2O3S/c1-2-3-4-5-16(21)19-8-10-20(11-9-19)24(22,23)13-6-7-14(17)15(18)12-13/h6-7,12H,2-5,8-11H2,1H3. The predicted molar refractivity (Wildman–Crippen MR) is 95.9 cm³/mol. The van der Waals surface area contributed by atoms with E-state index in [1.54, 1.807) is 4.90 Å². The highest BCUT2D eigenvalue weighted by Crippen LogP contribution is 2.27. The minimum Gasteiger partial charge on any atom is -0.340 e. The number of hydrogen-bond donors (Lipinski definition) is 0. The van der Waals surface area contributed by atoms with Crippen LogP contribution in [0.3, 0.4) is 0 Å². The van der Waals surface area contributed by atoms with Crippen molar-refractivity contribution in [2.75, 3.05) is 26.2 Å². The smallest absolute Gasteiger partial charge is 0.243 e. The van der Waals surface area contributed by atoms with Crippen LogP contribution in [-0.4, -0.2) is 49.7 Å². The predicted octanol–water partition coefficient (Wildman–Crippen LogP) is 3.41. The molecule has 1 aromatic carbocycles. The molecule has 2 rings (SSSR count). The summed E-state index contributed by atoms with van der Waals surface area (Å²) in [7, 11) is -3.62. The first kappa shape index (κ1) is 19.5. The SMILES string of the molecule is CCCCCC(=O)N1CCN(S(=O)(=O)c2ccc(Cl)c(Cl)c2)CC1. The normalized spacial score (nSPS) is 16.4. The van der Waals surface area contributed by atoms with Crippen molar-refractivity contribution in [3.05, 3.63) is 28.2 Å². The Hall–Kier alpha value is -0.820. The van der Waals surface area contributed by atoms with Crippen molar-refractivity contribution in [2.45, 2.75) is 37.5 Å². The highest BCUT2D eigenvalue weighted by molar-refractivity contribution is 7.89. The number of amides is 1. The zero-order valence-electron chi connectivity index (χ0n) is 13.7. The minimum atomic E-state index is -3.62. The molecule has 0 unspecified atom stereocenters. The zero-order chi connectivity index (χ0) is 17.7. The number of rotatable bonds is 6. The van der Waals surface area contributed by atoms with Crippen LogP contribution in [0.5, 0.6) is 0 Å². The maximum Gasteiger partial charge on any atom is 0.243 e. The number of nitrogens with zero attached hydrogens (tertiary/aromatic N) is 2. The fourth-order valence-electron chi connectivity index (χ4n) is 2.65. The van der Waals surface area contributed by atoms with E-state index in [1.165, 1.54) is 22.5 Å². The first-order valence-corrected chi connectivity index (χ1v) is 10.3. The fourth-order valence-corrected chi connectivity index (χ4v) is 4.46. The summed E-state index contributed by atoms with van der Waals surface area (Å²) in [6.45, 7) is 3.53. The number of carbonyl (C=O) groups is 1. The molecule has 0 N–H and O–H groups in total. The Morgan fingerprint density at radius 3 is 2.33 bits per heavy atom. The number of piperazine rings is 1. The van der Waals surface area contributed by atoms with Gasteiger partial charge in [-0.1, -0.05) is 43.0 Å². The van der Waals surface area contributed by atoms with E-state index in [-0.39, 0.29) is 15.8 Å². The van der Waals surface area contributed by atoms with Crippen molar-refractivity contribution in [1.29, 1.82) is 0 Å². The van der Waals surface area contributed by atoms with Crippen LogP contribution >= 0.6 is 23.2 Å². The molecule has 1 aliphatic rings. The molecule has 1 saturated heterocycles. The van der Waals surface area contributed by atoms with Gasteiger partial charge in [0.1, 0.15) is 0 Å². The average molecular weight is 393 g/mol. The average Bonchev–Trinajstić information content (AvgIpc) is 2.57. The lowest BCUT2D eigenvalue weighted by molar-refractivity contribution is -0.132. The quantitative estimate of drug-likeness (QED) is 0.696. The van der Waals surface area contributed by atoms with Crippen LogP contribution in [0.2, 0.25) is 10.0 Å². The van der Waals surface area contributed by atoms with Gasteiger partial charge in [-0.25, -0.2) is 8.42 Å². The summed E-state index contributed by atoms with van der Waals surface area (Å²) in [4.78, 5) is 14.0. The van der Waals surface area contributed by atoms with Crippen molar-refractivity contribution in [3.8, 4) is 0 Å². The minimum absolute atomic E-state index is 0.107. The largest absolute Gasteiger partial charge is 0.340 e. The van der Waals surface area contributed by atoms with Crippen LogP contribution < -0.4 is 0 Å². The van der Waals surface area contributed by atoms with E-state index < -0.39 is 10.0 Å². The lowest BCUT2D eigenvalue weighted by atomic mass is 10.2. The Kier molecular flexibility index (Phi) is 6.92. The third-order valence-corrected chi connectivity index (χ3v) is 6.75. The van der Waals surface area contributed by atoms with Crippen molar-refractivity contribution in [3.63, 3.8) is 0 Å². The van der Waals surface area contributed by atoms with E-state index in [0.717, 1.165) is 19.3 Å². The van der Waals surface area contributed by atoms with Crippen LogP contribution in [0, 0.1) is 0 Å². The summed E-state index contributed by atoms with van der Waals surface area (Å²) in [5.41, 5.74) is 0. The summed E-state index contributed by atoms with van der Waals surface area (Å²) >= 11 is 11.8. The topological polar surface area (TPSA) is 57.7 Å². The summed E-state index contributed by atoms with van der Waals surface area (Å²) in [6.07, 6.45) is 3.53.